The van der Waals surface area contributed by atoms with E-state index in [0.717, 1.165) is 0 Å². The number of nitrogen functional groups attached to an aromatic ring is 1. The molecule has 16 heavy (non-hydrogen) atoms. The van der Waals surface area contributed by atoms with Crippen LogP contribution in [0.1, 0.15) is 5.56 Å². The zero-order chi connectivity index (χ0) is 12.1. The number of hydrogen-bond donors (Lipinski definition) is 2. The van der Waals surface area contributed by atoms with Crippen molar-refractivity contribution in [3.8, 4) is 0 Å². The molecule has 0 bridgehead atoms. The molecule has 0 radical (unpaired) electrons. The van der Waals surface area contributed by atoms with E-state index in [9.17, 15) is 4.39 Å². The van der Waals surface area contributed by atoms with Crippen LogP contribution in [-0.4, -0.2) is 33.1 Å². The predicted molar refractivity (Wildman–Crippen MR) is 62.6 cm³/mol. The summed E-state index contributed by atoms with van der Waals surface area (Å²) < 4.78 is 18.4. The number of halogens is 1. The summed E-state index contributed by atoms with van der Waals surface area (Å²) in [7, 11) is 3.41. The van der Waals surface area contributed by atoms with Gasteiger partial charge in [-0.3, -0.25) is 5.41 Å². The Bertz CT molecular complexity index is 381. The molecule has 0 unspecified atom stereocenters. The fourth-order valence-electron chi connectivity index (χ4n) is 1.45. The molecule has 0 aliphatic heterocycles. The highest BCUT2D eigenvalue weighted by Crippen LogP contribution is 2.21. The van der Waals surface area contributed by atoms with Gasteiger partial charge in [-0.15, -0.1) is 0 Å². The monoisotopic (exact) mass is 225 g/mol. The summed E-state index contributed by atoms with van der Waals surface area (Å²) in [5.41, 5.74) is 6.11. The minimum absolute atomic E-state index is 0.140. The molecule has 0 saturated heterocycles. The Balaban J connectivity index is 3.02. The molecular weight excluding hydrogens is 209 g/mol. The summed E-state index contributed by atoms with van der Waals surface area (Å²) in [6.07, 6.45) is 0. The number of methoxy groups -OCH3 is 1. The van der Waals surface area contributed by atoms with Crippen molar-refractivity contribution in [3.63, 3.8) is 0 Å². The minimum atomic E-state index is -0.478. The second-order valence-electron chi connectivity index (χ2n) is 3.46. The number of nitrogens with one attached hydrogen (secondary N) is 1. The van der Waals surface area contributed by atoms with E-state index in [2.05, 4.69) is 0 Å². The first-order valence-corrected chi connectivity index (χ1v) is 4.91. The van der Waals surface area contributed by atoms with Crippen molar-refractivity contribution in [2.45, 2.75) is 0 Å². The molecule has 0 fully saturated rings. The van der Waals surface area contributed by atoms with E-state index in [0.29, 0.717) is 18.8 Å². The van der Waals surface area contributed by atoms with Crippen molar-refractivity contribution >= 4 is 11.5 Å². The van der Waals surface area contributed by atoms with E-state index in [-0.39, 0.29) is 11.4 Å². The molecule has 88 valence electrons. The molecule has 0 atom stereocenters. The number of ether oxygens (including phenoxy) is 1. The lowest BCUT2D eigenvalue weighted by Crippen LogP contribution is -2.26. The lowest BCUT2D eigenvalue weighted by Gasteiger charge is -2.21. The molecule has 5 heteroatoms. The van der Waals surface area contributed by atoms with E-state index in [1.165, 1.54) is 6.07 Å². The maximum Gasteiger partial charge on any atom is 0.136 e. The van der Waals surface area contributed by atoms with Gasteiger partial charge in [-0.05, 0) is 12.1 Å². The van der Waals surface area contributed by atoms with Gasteiger partial charge in [0.25, 0.3) is 0 Å². The zero-order valence-electron chi connectivity index (χ0n) is 9.46. The summed E-state index contributed by atoms with van der Waals surface area (Å²) in [5.74, 6) is -0.744. The minimum Gasteiger partial charge on any atom is -0.384 e. The van der Waals surface area contributed by atoms with Crippen LogP contribution in [0.3, 0.4) is 0 Å². The van der Waals surface area contributed by atoms with Gasteiger partial charge in [-0.2, -0.15) is 0 Å². The van der Waals surface area contributed by atoms with E-state index >= 15 is 0 Å². The lowest BCUT2D eigenvalue weighted by atomic mass is 10.1. The molecule has 4 nitrogen and oxygen atoms in total. The van der Waals surface area contributed by atoms with Crippen molar-refractivity contribution in [2.75, 3.05) is 32.2 Å². The normalized spacial score (nSPS) is 10.2. The third-order valence-electron chi connectivity index (χ3n) is 2.30. The summed E-state index contributed by atoms with van der Waals surface area (Å²) in [5, 5.41) is 7.37. The SMILES string of the molecule is COCCN(C)c1cccc(F)c1C(=N)N. The van der Waals surface area contributed by atoms with Crippen molar-refractivity contribution in [3.05, 3.63) is 29.6 Å². The topological polar surface area (TPSA) is 62.3 Å². The number of nitrogens with two attached hydrogens (primary N) is 1. The molecule has 1 rings (SSSR count). The highest BCUT2D eigenvalue weighted by atomic mass is 19.1. The van der Waals surface area contributed by atoms with Gasteiger partial charge in [0.2, 0.25) is 0 Å². The van der Waals surface area contributed by atoms with Crippen molar-refractivity contribution in [1.82, 2.24) is 0 Å². The number of hydrogen-bond acceptors (Lipinski definition) is 3. The van der Waals surface area contributed by atoms with Crippen LogP contribution in [0.2, 0.25) is 0 Å². The quantitative estimate of drug-likeness (QED) is 0.584. The van der Waals surface area contributed by atoms with Crippen molar-refractivity contribution in [2.24, 2.45) is 5.73 Å². The predicted octanol–water partition coefficient (Wildman–Crippen LogP) is 1.19. The first kappa shape index (κ1) is 12.4. The van der Waals surface area contributed by atoms with Gasteiger partial charge < -0.3 is 15.4 Å². The molecule has 3 N–H and O–H groups in total. The molecule has 0 heterocycles. The smallest absolute Gasteiger partial charge is 0.136 e. The van der Waals surface area contributed by atoms with Gasteiger partial charge >= 0.3 is 0 Å². The van der Waals surface area contributed by atoms with Crippen LogP contribution in [0.4, 0.5) is 10.1 Å². The van der Waals surface area contributed by atoms with Gasteiger partial charge in [0.1, 0.15) is 11.7 Å². The van der Waals surface area contributed by atoms with Crippen molar-refractivity contribution in [1.29, 1.82) is 5.41 Å². The van der Waals surface area contributed by atoms with Crippen LogP contribution in [0.5, 0.6) is 0 Å². The number of rotatable bonds is 5. The van der Waals surface area contributed by atoms with E-state index in [1.807, 2.05) is 4.90 Å². The Morgan fingerprint density at radius 3 is 2.81 bits per heavy atom. The standard InChI is InChI=1S/C11H16FN3O/c1-15(6-7-16-2)9-5-3-4-8(12)10(9)11(13)14/h3-5H,6-7H2,1-2H3,(H3,13,14). The zero-order valence-corrected chi connectivity index (χ0v) is 9.46. The molecule has 0 amide bonds. The fraction of sp³-hybridized carbons (Fsp3) is 0.364. The average molecular weight is 225 g/mol. The van der Waals surface area contributed by atoms with Gasteiger partial charge in [-0.25, -0.2) is 4.39 Å². The molecule has 1 aromatic rings. The highest BCUT2D eigenvalue weighted by Gasteiger charge is 2.13. The highest BCUT2D eigenvalue weighted by molar-refractivity contribution is 6.00. The Labute approximate surface area is 94.3 Å². The maximum atomic E-state index is 13.5. The Morgan fingerprint density at radius 2 is 2.25 bits per heavy atom. The van der Waals surface area contributed by atoms with E-state index < -0.39 is 5.82 Å². The van der Waals surface area contributed by atoms with Crippen LogP contribution in [0.25, 0.3) is 0 Å². The Hall–Kier alpha value is -1.62. The molecule has 0 aliphatic carbocycles. The number of amidine groups is 1. The number of anilines is 1. The Morgan fingerprint density at radius 1 is 1.56 bits per heavy atom. The first-order valence-electron chi connectivity index (χ1n) is 4.91. The summed E-state index contributed by atoms with van der Waals surface area (Å²) in [6, 6.07) is 4.63. The number of nitrogens with zero attached hydrogens (tertiary/aromatic N) is 1. The van der Waals surface area contributed by atoms with Crippen LogP contribution in [0.15, 0.2) is 18.2 Å². The Kier molecular flexibility index (Phi) is 4.25. The second-order valence-corrected chi connectivity index (χ2v) is 3.46. The molecule has 0 spiro atoms. The lowest BCUT2D eigenvalue weighted by molar-refractivity contribution is 0.206. The summed E-state index contributed by atoms with van der Waals surface area (Å²) in [6.45, 7) is 1.14. The largest absolute Gasteiger partial charge is 0.384 e. The van der Waals surface area contributed by atoms with E-state index in [4.69, 9.17) is 15.9 Å². The molecule has 0 aromatic heterocycles. The van der Waals surface area contributed by atoms with Crippen LogP contribution in [0, 0.1) is 11.2 Å². The molecule has 1 aromatic carbocycles. The molecule has 0 aliphatic rings. The van der Waals surface area contributed by atoms with Crippen LogP contribution >= 0.6 is 0 Å². The molecular formula is C11H16FN3O. The third-order valence-corrected chi connectivity index (χ3v) is 2.30. The van der Waals surface area contributed by atoms with Gasteiger partial charge in [0, 0.05) is 20.7 Å². The number of likely N-dealkylation sites (N-methyl/N-ethyl adjacent to an activating group) is 1. The van der Waals surface area contributed by atoms with Gasteiger partial charge in [0.05, 0.1) is 17.9 Å². The van der Waals surface area contributed by atoms with Crippen LogP contribution < -0.4 is 10.6 Å². The summed E-state index contributed by atoms with van der Waals surface area (Å²) >= 11 is 0. The van der Waals surface area contributed by atoms with E-state index in [1.54, 1.807) is 26.3 Å². The first-order chi connectivity index (χ1) is 7.57. The van der Waals surface area contributed by atoms with Crippen LogP contribution in [-0.2, 0) is 4.74 Å². The van der Waals surface area contributed by atoms with Gasteiger partial charge in [0.15, 0.2) is 0 Å². The number of benzene rings is 1. The summed E-state index contributed by atoms with van der Waals surface area (Å²) in [4.78, 5) is 1.81. The van der Waals surface area contributed by atoms with Gasteiger partial charge in [-0.1, -0.05) is 6.07 Å². The third kappa shape index (κ3) is 2.70. The van der Waals surface area contributed by atoms with Crippen molar-refractivity contribution < 1.29 is 9.13 Å². The molecule has 0 saturated carbocycles. The average Bonchev–Trinajstić information content (AvgIpc) is 2.24. The second kappa shape index (κ2) is 5.46. The fourth-order valence-corrected chi connectivity index (χ4v) is 1.45. The maximum absolute atomic E-state index is 13.5.